The second-order valence-corrected chi connectivity index (χ2v) is 5.39. The van der Waals surface area contributed by atoms with Crippen LogP contribution in [-0.2, 0) is 4.79 Å². The molecule has 0 saturated heterocycles. The molecule has 0 aliphatic carbocycles. The van der Waals surface area contributed by atoms with E-state index >= 15 is 0 Å². The van der Waals surface area contributed by atoms with Gasteiger partial charge in [0, 0.05) is 0 Å². The minimum atomic E-state index is -0.333. The van der Waals surface area contributed by atoms with Gasteiger partial charge in [-0.1, -0.05) is 23.8 Å². The number of benzene rings is 2. The summed E-state index contributed by atoms with van der Waals surface area (Å²) in [5.74, 6) is -0.0750. The Morgan fingerprint density at radius 1 is 1.18 bits per heavy atom. The molecule has 0 fully saturated rings. The maximum absolute atomic E-state index is 12.8. The number of halogens is 1. The molecule has 0 bridgehead atoms. The van der Waals surface area contributed by atoms with E-state index in [9.17, 15) is 9.18 Å². The van der Waals surface area contributed by atoms with Gasteiger partial charge in [-0.05, 0) is 56.2 Å². The third kappa shape index (κ3) is 4.32. The van der Waals surface area contributed by atoms with E-state index in [0.29, 0.717) is 5.75 Å². The number of carbonyl (C=O) groups excluding carboxylic acids is 1. The molecule has 2 aromatic rings. The molecule has 2 aromatic carbocycles. The average molecular weight is 301 g/mol. The molecule has 4 heteroatoms. The van der Waals surface area contributed by atoms with E-state index in [4.69, 9.17) is 4.74 Å². The van der Waals surface area contributed by atoms with Gasteiger partial charge in [-0.3, -0.25) is 4.79 Å². The number of rotatable bonds is 5. The van der Waals surface area contributed by atoms with Crippen LogP contribution in [0, 0.1) is 19.7 Å². The molecule has 0 saturated carbocycles. The van der Waals surface area contributed by atoms with Gasteiger partial charge in [0.25, 0.3) is 5.91 Å². The zero-order valence-corrected chi connectivity index (χ0v) is 13.0. The van der Waals surface area contributed by atoms with Crippen LogP contribution < -0.4 is 10.1 Å². The second-order valence-electron chi connectivity index (χ2n) is 5.39. The summed E-state index contributed by atoms with van der Waals surface area (Å²) < 4.78 is 18.1. The normalized spacial score (nSPS) is 11.8. The van der Waals surface area contributed by atoms with Crippen molar-refractivity contribution in [2.45, 2.75) is 26.8 Å². The van der Waals surface area contributed by atoms with E-state index in [1.165, 1.54) is 24.3 Å². The zero-order chi connectivity index (χ0) is 16.1. The van der Waals surface area contributed by atoms with Crippen molar-refractivity contribution in [2.24, 2.45) is 0 Å². The molecular weight excluding hydrogens is 281 g/mol. The van der Waals surface area contributed by atoms with Gasteiger partial charge in [0.1, 0.15) is 11.6 Å². The van der Waals surface area contributed by atoms with Crippen LogP contribution in [0.3, 0.4) is 0 Å². The van der Waals surface area contributed by atoms with Gasteiger partial charge in [0.15, 0.2) is 6.61 Å². The van der Waals surface area contributed by atoms with Crippen LogP contribution in [-0.4, -0.2) is 12.5 Å². The predicted molar refractivity (Wildman–Crippen MR) is 84.4 cm³/mol. The van der Waals surface area contributed by atoms with Crippen molar-refractivity contribution < 1.29 is 13.9 Å². The summed E-state index contributed by atoms with van der Waals surface area (Å²) in [6.45, 7) is 5.89. The first-order chi connectivity index (χ1) is 10.5. The highest BCUT2D eigenvalue weighted by atomic mass is 19.1. The Hall–Kier alpha value is -2.36. The van der Waals surface area contributed by atoms with Crippen molar-refractivity contribution in [1.82, 2.24) is 5.32 Å². The molecule has 1 atom stereocenters. The van der Waals surface area contributed by atoms with Crippen LogP contribution >= 0.6 is 0 Å². The number of carbonyl (C=O) groups is 1. The van der Waals surface area contributed by atoms with Crippen LogP contribution in [0.15, 0.2) is 42.5 Å². The quantitative estimate of drug-likeness (QED) is 0.914. The molecule has 116 valence electrons. The standard InChI is InChI=1S/C18H20FNO2/c1-12-4-5-13(2)17(10-12)14(3)20-18(21)11-22-16-8-6-15(19)7-9-16/h4-10,14H,11H2,1-3H3,(H,20,21)/t14-/m1/s1. The highest BCUT2D eigenvalue weighted by Crippen LogP contribution is 2.19. The summed E-state index contributed by atoms with van der Waals surface area (Å²) in [6.07, 6.45) is 0. The van der Waals surface area contributed by atoms with Crippen molar-refractivity contribution in [3.8, 4) is 5.75 Å². The van der Waals surface area contributed by atoms with E-state index in [-0.39, 0.29) is 24.4 Å². The molecule has 0 unspecified atom stereocenters. The maximum atomic E-state index is 12.8. The van der Waals surface area contributed by atoms with Crippen molar-refractivity contribution in [2.75, 3.05) is 6.61 Å². The fourth-order valence-electron chi connectivity index (χ4n) is 2.27. The minimum Gasteiger partial charge on any atom is -0.484 e. The second kappa shape index (κ2) is 7.07. The van der Waals surface area contributed by atoms with Crippen LogP contribution in [0.1, 0.15) is 29.7 Å². The van der Waals surface area contributed by atoms with Gasteiger partial charge in [0.2, 0.25) is 0 Å². The maximum Gasteiger partial charge on any atom is 0.258 e. The molecule has 3 nitrogen and oxygen atoms in total. The summed E-state index contributed by atoms with van der Waals surface area (Å²) in [5, 5.41) is 2.91. The van der Waals surface area contributed by atoms with Crippen molar-refractivity contribution >= 4 is 5.91 Å². The first kappa shape index (κ1) is 16.0. The molecule has 0 heterocycles. The van der Waals surface area contributed by atoms with Gasteiger partial charge >= 0.3 is 0 Å². The number of hydrogen-bond donors (Lipinski definition) is 1. The first-order valence-electron chi connectivity index (χ1n) is 7.20. The lowest BCUT2D eigenvalue weighted by molar-refractivity contribution is -0.123. The number of nitrogens with one attached hydrogen (secondary N) is 1. The predicted octanol–water partition coefficient (Wildman–Crippen LogP) is 3.70. The Bertz CT molecular complexity index is 653. The van der Waals surface area contributed by atoms with Gasteiger partial charge in [-0.25, -0.2) is 4.39 Å². The lowest BCUT2D eigenvalue weighted by atomic mass is 10.00. The van der Waals surface area contributed by atoms with E-state index in [2.05, 4.69) is 11.4 Å². The number of aryl methyl sites for hydroxylation is 2. The molecule has 0 radical (unpaired) electrons. The summed E-state index contributed by atoms with van der Waals surface area (Å²) in [4.78, 5) is 12.0. The monoisotopic (exact) mass is 301 g/mol. The van der Waals surface area contributed by atoms with Crippen LogP contribution in [0.5, 0.6) is 5.75 Å². The number of hydrogen-bond acceptors (Lipinski definition) is 2. The van der Waals surface area contributed by atoms with Crippen LogP contribution in [0.2, 0.25) is 0 Å². The van der Waals surface area contributed by atoms with E-state index in [1.807, 2.05) is 32.9 Å². The highest BCUT2D eigenvalue weighted by Gasteiger charge is 2.12. The van der Waals surface area contributed by atoms with Gasteiger partial charge in [-0.15, -0.1) is 0 Å². The Morgan fingerprint density at radius 3 is 2.55 bits per heavy atom. The number of ether oxygens (including phenoxy) is 1. The Balaban J connectivity index is 1.91. The lowest BCUT2D eigenvalue weighted by Gasteiger charge is -2.17. The average Bonchev–Trinajstić information content (AvgIpc) is 2.49. The van der Waals surface area contributed by atoms with Crippen LogP contribution in [0.25, 0.3) is 0 Å². The lowest BCUT2D eigenvalue weighted by Crippen LogP contribution is -2.31. The SMILES string of the molecule is Cc1ccc(C)c([C@@H](C)NC(=O)COc2ccc(F)cc2)c1. The molecule has 1 amide bonds. The molecule has 1 N–H and O–H groups in total. The molecule has 0 aromatic heterocycles. The number of amides is 1. The molecule has 0 aliphatic heterocycles. The summed E-state index contributed by atoms with van der Waals surface area (Å²) in [5.41, 5.74) is 3.39. The van der Waals surface area contributed by atoms with Crippen LogP contribution in [0.4, 0.5) is 4.39 Å². The largest absolute Gasteiger partial charge is 0.484 e. The smallest absolute Gasteiger partial charge is 0.258 e. The molecular formula is C18H20FNO2. The highest BCUT2D eigenvalue weighted by molar-refractivity contribution is 5.78. The van der Waals surface area contributed by atoms with Gasteiger partial charge < -0.3 is 10.1 Å². The van der Waals surface area contributed by atoms with Crippen molar-refractivity contribution in [1.29, 1.82) is 0 Å². The fraction of sp³-hybridized carbons (Fsp3) is 0.278. The zero-order valence-electron chi connectivity index (χ0n) is 13.0. The van der Waals surface area contributed by atoms with E-state index in [1.54, 1.807) is 0 Å². The first-order valence-corrected chi connectivity index (χ1v) is 7.20. The third-order valence-corrected chi connectivity index (χ3v) is 3.46. The summed E-state index contributed by atoms with van der Waals surface area (Å²) >= 11 is 0. The molecule has 0 spiro atoms. The molecule has 0 aliphatic rings. The fourth-order valence-corrected chi connectivity index (χ4v) is 2.27. The van der Waals surface area contributed by atoms with E-state index in [0.717, 1.165) is 16.7 Å². The summed E-state index contributed by atoms with van der Waals surface area (Å²) in [6, 6.07) is 11.7. The Kier molecular flexibility index (Phi) is 5.15. The molecule has 22 heavy (non-hydrogen) atoms. The van der Waals surface area contributed by atoms with E-state index < -0.39 is 0 Å². The minimum absolute atomic E-state index is 0.0933. The third-order valence-electron chi connectivity index (χ3n) is 3.46. The van der Waals surface area contributed by atoms with Gasteiger partial charge in [0.05, 0.1) is 6.04 Å². The topological polar surface area (TPSA) is 38.3 Å². The Morgan fingerprint density at radius 2 is 1.86 bits per heavy atom. The van der Waals surface area contributed by atoms with Gasteiger partial charge in [-0.2, -0.15) is 0 Å². The summed E-state index contributed by atoms with van der Waals surface area (Å²) in [7, 11) is 0. The molecule has 2 rings (SSSR count). The Labute approximate surface area is 130 Å². The van der Waals surface area contributed by atoms with Crippen molar-refractivity contribution in [3.05, 3.63) is 65.0 Å². The van der Waals surface area contributed by atoms with Crippen molar-refractivity contribution in [3.63, 3.8) is 0 Å².